The first-order valence-electron chi connectivity index (χ1n) is 11.6. The zero-order chi connectivity index (χ0) is 25.8. The lowest BCUT2D eigenvalue weighted by atomic mass is 9.81. The van der Waals surface area contributed by atoms with Gasteiger partial charge in [0.25, 0.3) is 5.91 Å². The lowest BCUT2D eigenvalue weighted by Crippen LogP contribution is -2.58. The highest BCUT2D eigenvalue weighted by atomic mass is 19.1. The average Bonchev–Trinajstić information content (AvgIpc) is 3.07. The first kappa shape index (κ1) is 25.2. The third kappa shape index (κ3) is 4.43. The number of hydrogen-bond acceptors (Lipinski definition) is 6. The summed E-state index contributed by atoms with van der Waals surface area (Å²) in [4.78, 5) is 32.3. The molecule has 1 saturated heterocycles. The number of benzene rings is 1. The van der Waals surface area contributed by atoms with E-state index in [2.05, 4.69) is 4.98 Å². The molecule has 1 N–H and O–H groups in total. The molecule has 9 heteroatoms. The fourth-order valence-corrected chi connectivity index (χ4v) is 5.08. The van der Waals surface area contributed by atoms with Gasteiger partial charge in [-0.15, -0.1) is 0 Å². The predicted octanol–water partition coefficient (Wildman–Crippen LogP) is 3.75. The van der Waals surface area contributed by atoms with Crippen LogP contribution in [0.3, 0.4) is 0 Å². The van der Waals surface area contributed by atoms with Crippen molar-refractivity contribution in [3.05, 3.63) is 52.9 Å². The van der Waals surface area contributed by atoms with Gasteiger partial charge in [0.15, 0.2) is 5.60 Å². The van der Waals surface area contributed by atoms with Gasteiger partial charge in [0.05, 0.1) is 30.0 Å². The Morgan fingerprint density at radius 1 is 1.17 bits per heavy atom. The van der Waals surface area contributed by atoms with E-state index in [1.165, 1.54) is 17.0 Å². The highest BCUT2D eigenvalue weighted by Gasteiger charge is 2.53. The third-order valence-electron chi connectivity index (χ3n) is 6.73. The Bertz CT molecular complexity index is 1200. The van der Waals surface area contributed by atoms with Gasteiger partial charge in [0, 0.05) is 24.6 Å². The summed E-state index contributed by atoms with van der Waals surface area (Å²) in [5.41, 5.74) is -1.89. The summed E-state index contributed by atoms with van der Waals surface area (Å²) >= 11 is 0. The van der Waals surface area contributed by atoms with E-state index >= 15 is 0 Å². The molecule has 0 bridgehead atoms. The number of halogens is 2. The minimum absolute atomic E-state index is 0.0456. The summed E-state index contributed by atoms with van der Waals surface area (Å²) in [7, 11) is 0. The molecule has 2 aliphatic heterocycles. The van der Waals surface area contributed by atoms with Gasteiger partial charge in [0.2, 0.25) is 0 Å². The molecular weight excluding hydrogens is 458 g/mol. The van der Waals surface area contributed by atoms with Crippen LogP contribution >= 0.6 is 0 Å². The lowest BCUT2D eigenvalue weighted by Gasteiger charge is -2.46. The molecule has 1 atom stereocenters. The van der Waals surface area contributed by atoms with Gasteiger partial charge < -0.3 is 19.5 Å². The second-order valence-corrected chi connectivity index (χ2v) is 10.2. The van der Waals surface area contributed by atoms with Crippen molar-refractivity contribution in [2.75, 3.05) is 19.8 Å². The van der Waals surface area contributed by atoms with Gasteiger partial charge in [0.1, 0.15) is 17.3 Å². The van der Waals surface area contributed by atoms with Crippen molar-refractivity contribution in [3.63, 3.8) is 0 Å². The smallest absolute Gasteiger partial charge is 0.356 e. The van der Waals surface area contributed by atoms with Crippen molar-refractivity contribution in [3.8, 4) is 11.1 Å². The zero-order valence-electron chi connectivity index (χ0n) is 20.6. The van der Waals surface area contributed by atoms with E-state index in [4.69, 9.17) is 9.47 Å². The highest BCUT2D eigenvalue weighted by molar-refractivity contribution is 5.90. The van der Waals surface area contributed by atoms with Gasteiger partial charge >= 0.3 is 5.97 Å². The number of carbonyl (C=O) groups excluding carboxylic acids is 2. The highest BCUT2D eigenvalue weighted by Crippen LogP contribution is 2.42. The van der Waals surface area contributed by atoms with Crippen molar-refractivity contribution < 1.29 is 33.0 Å². The SMILES string of the molecule is CCOC(=O)c1cc(-c2ccc(F)cc2F)c2c(n1)C(C)(C)N(C(=O)C1(O)COC(C)(C)C1)CC2. The molecule has 1 aromatic carbocycles. The van der Waals surface area contributed by atoms with Crippen molar-refractivity contribution in [1.82, 2.24) is 9.88 Å². The van der Waals surface area contributed by atoms with Crippen LogP contribution in [0.5, 0.6) is 0 Å². The second-order valence-electron chi connectivity index (χ2n) is 10.2. The molecule has 3 heterocycles. The number of aromatic nitrogens is 1. The predicted molar refractivity (Wildman–Crippen MR) is 124 cm³/mol. The number of pyridine rings is 1. The lowest BCUT2D eigenvalue weighted by molar-refractivity contribution is -0.158. The van der Waals surface area contributed by atoms with E-state index in [1.54, 1.807) is 20.8 Å². The van der Waals surface area contributed by atoms with Gasteiger partial charge in [-0.3, -0.25) is 4.79 Å². The van der Waals surface area contributed by atoms with E-state index in [0.717, 1.165) is 12.1 Å². The first-order valence-corrected chi connectivity index (χ1v) is 11.6. The molecule has 1 aromatic heterocycles. The zero-order valence-corrected chi connectivity index (χ0v) is 20.6. The maximum absolute atomic E-state index is 14.8. The summed E-state index contributed by atoms with van der Waals surface area (Å²) in [6.07, 6.45) is 0.438. The summed E-state index contributed by atoms with van der Waals surface area (Å²) < 4.78 is 39.2. The van der Waals surface area contributed by atoms with Crippen molar-refractivity contribution in [2.45, 2.75) is 64.2 Å². The minimum Gasteiger partial charge on any atom is -0.461 e. The number of rotatable bonds is 4. The van der Waals surface area contributed by atoms with Crippen LogP contribution < -0.4 is 0 Å². The number of nitrogens with zero attached hydrogens (tertiary/aromatic N) is 2. The Morgan fingerprint density at radius 2 is 1.89 bits per heavy atom. The molecule has 1 amide bonds. The standard InChI is InChI=1S/C26H30F2N2O5/c1-6-34-22(31)20-12-18(16-8-7-15(27)11-19(16)28)17-9-10-30(25(4,5)21(17)29-20)23(32)26(33)13-24(2,3)35-14-26/h7-8,11-12,33H,6,9-10,13-14H2,1-5H3. The quantitative estimate of drug-likeness (QED) is 0.660. The number of fused-ring (bicyclic) bond motifs is 1. The van der Waals surface area contributed by atoms with Crippen molar-refractivity contribution in [1.29, 1.82) is 0 Å². The molecule has 0 aliphatic carbocycles. The molecule has 0 saturated carbocycles. The van der Waals surface area contributed by atoms with Crippen LogP contribution in [0.1, 0.15) is 62.8 Å². The molecule has 0 radical (unpaired) electrons. The maximum atomic E-state index is 14.8. The Balaban J connectivity index is 1.84. The van der Waals surface area contributed by atoms with Crippen LogP contribution in [0.25, 0.3) is 11.1 Å². The van der Waals surface area contributed by atoms with Crippen molar-refractivity contribution in [2.24, 2.45) is 0 Å². The molecule has 2 aliphatic rings. The summed E-state index contributed by atoms with van der Waals surface area (Å²) in [5, 5.41) is 11.1. The fraction of sp³-hybridized carbons (Fsp3) is 0.500. The third-order valence-corrected chi connectivity index (χ3v) is 6.73. The maximum Gasteiger partial charge on any atom is 0.356 e. The number of esters is 1. The Labute approximate surface area is 203 Å². The molecule has 1 unspecified atom stereocenters. The van der Waals surface area contributed by atoms with Crippen LogP contribution in [0.4, 0.5) is 8.78 Å². The average molecular weight is 489 g/mol. The van der Waals surface area contributed by atoms with E-state index < -0.39 is 40.3 Å². The van der Waals surface area contributed by atoms with Gasteiger partial charge in [-0.05, 0) is 70.4 Å². The molecule has 4 rings (SSSR count). The molecule has 188 valence electrons. The molecule has 2 aromatic rings. The van der Waals surface area contributed by atoms with Crippen molar-refractivity contribution >= 4 is 11.9 Å². The largest absolute Gasteiger partial charge is 0.461 e. The van der Waals surface area contributed by atoms with Gasteiger partial charge in [-0.25, -0.2) is 18.6 Å². The van der Waals surface area contributed by atoms with E-state index in [1.807, 2.05) is 13.8 Å². The van der Waals surface area contributed by atoms with E-state index in [-0.39, 0.29) is 37.4 Å². The number of carbonyl (C=O) groups is 2. The number of ether oxygens (including phenoxy) is 2. The number of amides is 1. The van der Waals surface area contributed by atoms with Crippen LogP contribution in [-0.4, -0.2) is 57.8 Å². The van der Waals surface area contributed by atoms with E-state index in [9.17, 15) is 23.5 Å². The van der Waals surface area contributed by atoms with Gasteiger partial charge in [-0.1, -0.05) is 0 Å². The topological polar surface area (TPSA) is 89.0 Å². The fourth-order valence-electron chi connectivity index (χ4n) is 5.08. The molecular formula is C26H30F2N2O5. The summed E-state index contributed by atoms with van der Waals surface area (Å²) in [6.45, 7) is 9.04. The summed E-state index contributed by atoms with van der Waals surface area (Å²) in [5.74, 6) is -2.67. The van der Waals surface area contributed by atoms with Crippen LogP contribution in [0, 0.1) is 11.6 Å². The normalized spacial score (nSPS) is 22.6. The van der Waals surface area contributed by atoms with Crippen LogP contribution in [-0.2, 0) is 26.2 Å². The second kappa shape index (κ2) is 8.64. The Kier molecular flexibility index (Phi) is 6.22. The molecule has 35 heavy (non-hydrogen) atoms. The van der Waals surface area contributed by atoms with E-state index in [0.29, 0.717) is 23.2 Å². The molecule has 1 fully saturated rings. The van der Waals surface area contributed by atoms with Crippen LogP contribution in [0.15, 0.2) is 24.3 Å². The minimum atomic E-state index is -1.69. The molecule has 7 nitrogen and oxygen atoms in total. The Morgan fingerprint density at radius 3 is 2.49 bits per heavy atom. The van der Waals surface area contributed by atoms with Crippen LogP contribution in [0.2, 0.25) is 0 Å². The van der Waals surface area contributed by atoms with Gasteiger partial charge in [-0.2, -0.15) is 0 Å². The molecule has 0 spiro atoms. The Hall–Kier alpha value is -2.91. The number of aliphatic hydroxyl groups is 1. The first-order chi connectivity index (χ1) is 16.3. The number of hydrogen-bond donors (Lipinski definition) is 1. The monoisotopic (exact) mass is 488 g/mol. The summed E-state index contributed by atoms with van der Waals surface area (Å²) in [6, 6.07) is 4.70.